The Labute approximate surface area is 117 Å². The number of nitrogens with one attached hydrogen (secondary N) is 1. The van der Waals surface area contributed by atoms with Crippen molar-refractivity contribution in [1.29, 1.82) is 0 Å². The molecule has 0 saturated carbocycles. The summed E-state index contributed by atoms with van der Waals surface area (Å²) in [6.45, 7) is 0.648. The van der Waals surface area contributed by atoms with Gasteiger partial charge in [0.15, 0.2) is 0 Å². The third kappa shape index (κ3) is 2.91. The number of carbonyl (C=O) groups is 2. The number of terminal acetylenes is 1. The van der Waals surface area contributed by atoms with E-state index in [1.54, 1.807) is 0 Å². The summed E-state index contributed by atoms with van der Waals surface area (Å²) in [5, 5.41) is 12.0. The van der Waals surface area contributed by atoms with Gasteiger partial charge in [-0.3, -0.25) is 0 Å². The first-order valence-electron chi connectivity index (χ1n) is 6.41. The van der Waals surface area contributed by atoms with Crippen molar-refractivity contribution in [3.63, 3.8) is 0 Å². The van der Waals surface area contributed by atoms with Crippen molar-refractivity contribution in [1.82, 2.24) is 10.2 Å². The molecule has 2 amide bonds. The molecule has 2 rings (SSSR count). The number of hydrogen-bond acceptors (Lipinski definition) is 2. The number of carbonyl (C=O) groups excluding carboxylic acids is 1. The maximum atomic E-state index is 12.1. The van der Waals surface area contributed by atoms with Gasteiger partial charge in [0.25, 0.3) is 0 Å². The first-order valence-corrected chi connectivity index (χ1v) is 6.41. The molecule has 2 N–H and O–H groups in total. The first kappa shape index (κ1) is 13.9. The van der Waals surface area contributed by atoms with Gasteiger partial charge in [-0.1, -0.05) is 24.3 Å². The second-order valence-electron chi connectivity index (χ2n) is 4.64. The Balaban J connectivity index is 2.16. The first-order chi connectivity index (χ1) is 9.63. The standard InChI is InChI=1S/C15H16N2O3/c1-2-3-8-16-15(20)17-10-12-7-5-4-6-11(12)9-13(17)14(18)19/h1,4-7,13H,3,8-10H2,(H,16,20)(H,18,19)/t13-/m0/s1. The molecule has 1 atom stereocenters. The SMILES string of the molecule is C#CCCNC(=O)N1Cc2ccccc2C[C@H]1C(=O)O. The number of hydrogen-bond donors (Lipinski definition) is 2. The van der Waals surface area contributed by atoms with E-state index in [4.69, 9.17) is 6.42 Å². The van der Waals surface area contributed by atoms with Crippen LogP contribution in [-0.4, -0.2) is 34.6 Å². The second kappa shape index (κ2) is 6.11. The van der Waals surface area contributed by atoms with Gasteiger partial charge in [0.05, 0.1) is 0 Å². The molecular weight excluding hydrogens is 256 g/mol. The molecule has 0 fully saturated rings. The molecule has 0 unspecified atom stereocenters. The van der Waals surface area contributed by atoms with E-state index in [2.05, 4.69) is 11.2 Å². The number of benzene rings is 1. The Morgan fingerprint density at radius 2 is 2.10 bits per heavy atom. The van der Waals surface area contributed by atoms with E-state index >= 15 is 0 Å². The molecule has 0 aromatic heterocycles. The highest BCUT2D eigenvalue weighted by atomic mass is 16.4. The van der Waals surface area contributed by atoms with Crippen molar-refractivity contribution in [2.45, 2.75) is 25.4 Å². The third-order valence-electron chi connectivity index (χ3n) is 3.34. The Hall–Kier alpha value is -2.48. The topological polar surface area (TPSA) is 69.6 Å². The summed E-state index contributed by atoms with van der Waals surface area (Å²) in [5.74, 6) is 1.43. The number of fused-ring (bicyclic) bond motifs is 1. The second-order valence-corrected chi connectivity index (χ2v) is 4.64. The molecule has 1 aliphatic heterocycles. The normalized spacial score (nSPS) is 16.9. The molecule has 104 valence electrons. The molecule has 5 nitrogen and oxygen atoms in total. The number of urea groups is 1. The third-order valence-corrected chi connectivity index (χ3v) is 3.34. The Kier molecular flexibility index (Phi) is 4.26. The number of carboxylic acid groups (broad SMARTS) is 1. The van der Waals surface area contributed by atoms with Crippen LogP contribution < -0.4 is 5.32 Å². The van der Waals surface area contributed by atoms with Crippen molar-refractivity contribution in [3.05, 3.63) is 35.4 Å². The fourth-order valence-corrected chi connectivity index (χ4v) is 2.30. The minimum Gasteiger partial charge on any atom is -0.480 e. The fourth-order valence-electron chi connectivity index (χ4n) is 2.30. The molecule has 1 aliphatic rings. The summed E-state index contributed by atoms with van der Waals surface area (Å²) in [7, 11) is 0. The van der Waals surface area contributed by atoms with Crippen LogP contribution in [0.3, 0.4) is 0 Å². The molecule has 1 aromatic carbocycles. The summed E-state index contributed by atoms with van der Waals surface area (Å²) >= 11 is 0. The molecule has 0 radical (unpaired) electrons. The van der Waals surface area contributed by atoms with Gasteiger partial charge >= 0.3 is 12.0 Å². The average molecular weight is 272 g/mol. The number of aliphatic carboxylic acids is 1. The van der Waals surface area contributed by atoms with Crippen LogP contribution in [0.25, 0.3) is 0 Å². The van der Waals surface area contributed by atoms with Crippen LogP contribution in [0.5, 0.6) is 0 Å². The minimum atomic E-state index is -0.994. The Morgan fingerprint density at radius 3 is 2.75 bits per heavy atom. The highest BCUT2D eigenvalue weighted by Gasteiger charge is 2.34. The Morgan fingerprint density at radius 1 is 1.40 bits per heavy atom. The lowest BCUT2D eigenvalue weighted by molar-refractivity contribution is -0.142. The van der Waals surface area contributed by atoms with Gasteiger partial charge in [-0.05, 0) is 11.1 Å². The van der Waals surface area contributed by atoms with Gasteiger partial charge in [0.2, 0.25) is 0 Å². The molecule has 1 heterocycles. The van der Waals surface area contributed by atoms with E-state index in [1.807, 2.05) is 24.3 Å². The van der Waals surface area contributed by atoms with Gasteiger partial charge in [0.1, 0.15) is 6.04 Å². The summed E-state index contributed by atoms with van der Waals surface area (Å²) in [6.07, 6.45) is 5.87. The van der Waals surface area contributed by atoms with E-state index < -0.39 is 12.0 Å². The lowest BCUT2D eigenvalue weighted by Gasteiger charge is -2.34. The minimum absolute atomic E-state index is 0.301. The number of carboxylic acids is 1. The van der Waals surface area contributed by atoms with Crippen molar-refractivity contribution in [2.75, 3.05) is 6.54 Å². The van der Waals surface area contributed by atoms with Crippen molar-refractivity contribution >= 4 is 12.0 Å². The van der Waals surface area contributed by atoms with Crippen LogP contribution in [0.2, 0.25) is 0 Å². The van der Waals surface area contributed by atoms with E-state index in [-0.39, 0.29) is 6.03 Å². The summed E-state index contributed by atoms with van der Waals surface area (Å²) in [5.41, 5.74) is 1.96. The molecule has 20 heavy (non-hydrogen) atoms. The van der Waals surface area contributed by atoms with Gasteiger partial charge in [-0.25, -0.2) is 9.59 Å². The van der Waals surface area contributed by atoms with E-state index in [0.717, 1.165) is 11.1 Å². The van der Waals surface area contributed by atoms with Crippen molar-refractivity contribution in [3.8, 4) is 12.3 Å². The Bertz CT molecular complexity index is 562. The maximum Gasteiger partial charge on any atom is 0.326 e. The quantitative estimate of drug-likeness (QED) is 0.642. The molecule has 0 bridgehead atoms. The van der Waals surface area contributed by atoms with Crippen LogP contribution in [0, 0.1) is 12.3 Å². The van der Waals surface area contributed by atoms with Crippen molar-refractivity contribution in [2.24, 2.45) is 0 Å². The zero-order valence-electron chi connectivity index (χ0n) is 11.0. The lowest BCUT2D eigenvalue weighted by Crippen LogP contribution is -2.52. The predicted molar refractivity (Wildman–Crippen MR) is 74.0 cm³/mol. The molecule has 0 saturated heterocycles. The molecule has 5 heteroatoms. The summed E-state index contributed by atoms with van der Waals surface area (Å²) < 4.78 is 0. The van der Waals surface area contributed by atoms with Crippen LogP contribution >= 0.6 is 0 Å². The smallest absolute Gasteiger partial charge is 0.326 e. The average Bonchev–Trinajstić information content (AvgIpc) is 2.46. The maximum absolute atomic E-state index is 12.1. The highest BCUT2D eigenvalue weighted by Crippen LogP contribution is 2.23. The number of amides is 2. The largest absolute Gasteiger partial charge is 0.480 e. The summed E-state index contributed by atoms with van der Waals surface area (Å²) in [4.78, 5) is 24.8. The molecule has 1 aromatic rings. The van der Waals surface area contributed by atoms with Crippen LogP contribution in [0.15, 0.2) is 24.3 Å². The fraction of sp³-hybridized carbons (Fsp3) is 0.333. The zero-order valence-corrected chi connectivity index (χ0v) is 11.0. The van der Waals surface area contributed by atoms with Gasteiger partial charge < -0.3 is 15.3 Å². The van der Waals surface area contributed by atoms with Gasteiger partial charge in [-0.15, -0.1) is 12.3 Å². The van der Waals surface area contributed by atoms with E-state index in [1.165, 1.54) is 4.90 Å². The van der Waals surface area contributed by atoms with Gasteiger partial charge in [0, 0.05) is 25.9 Å². The highest BCUT2D eigenvalue weighted by molar-refractivity contribution is 5.83. The van der Waals surface area contributed by atoms with Crippen LogP contribution in [0.4, 0.5) is 4.79 Å². The van der Waals surface area contributed by atoms with Crippen LogP contribution in [-0.2, 0) is 17.8 Å². The molecule has 0 spiro atoms. The van der Waals surface area contributed by atoms with E-state index in [9.17, 15) is 14.7 Å². The van der Waals surface area contributed by atoms with Crippen LogP contribution in [0.1, 0.15) is 17.5 Å². The predicted octanol–water partition coefficient (Wildman–Crippen LogP) is 1.23. The molecular formula is C15H16N2O3. The monoisotopic (exact) mass is 272 g/mol. The number of rotatable bonds is 3. The summed E-state index contributed by atoms with van der Waals surface area (Å²) in [6, 6.07) is 6.35. The van der Waals surface area contributed by atoms with E-state index in [0.29, 0.717) is 25.9 Å². The number of nitrogens with zero attached hydrogens (tertiary/aromatic N) is 1. The van der Waals surface area contributed by atoms with Crippen molar-refractivity contribution < 1.29 is 14.7 Å². The lowest BCUT2D eigenvalue weighted by atomic mass is 9.94. The van der Waals surface area contributed by atoms with Gasteiger partial charge in [-0.2, -0.15) is 0 Å². The molecule has 0 aliphatic carbocycles. The zero-order chi connectivity index (χ0) is 14.5.